The van der Waals surface area contributed by atoms with Crippen LogP contribution in [0.2, 0.25) is 10.0 Å². The first kappa shape index (κ1) is 28.3. The van der Waals surface area contributed by atoms with Crippen molar-refractivity contribution in [1.82, 2.24) is 10.2 Å². The van der Waals surface area contributed by atoms with Gasteiger partial charge >= 0.3 is 0 Å². The van der Waals surface area contributed by atoms with Crippen LogP contribution in [0.4, 0.5) is 5.69 Å². The Morgan fingerprint density at radius 3 is 2.28 bits per heavy atom. The third kappa shape index (κ3) is 7.37. The van der Waals surface area contributed by atoms with E-state index in [1.54, 1.807) is 0 Å². The first-order valence-corrected chi connectivity index (χ1v) is 14.7. The number of carbonyl (C=O) groups excluding carboxylic acids is 2. The van der Waals surface area contributed by atoms with Gasteiger partial charge in [-0.15, -0.1) is 0 Å². The van der Waals surface area contributed by atoms with Crippen LogP contribution >= 0.6 is 23.2 Å². The van der Waals surface area contributed by atoms with Crippen LogP contribution < -0.4 is 9.62 Å². The normalized spacial score (nSPS) is 14.9. The zero-order valence-electron chi connectivity index (χ0n) is 20.8. The molecular formula is C26H33Cl2N3O4S. The average Bonchev–Trinajstić information content (AvgIpc) is 3.31. The van der Waals surface area contributed by atoms with Crippen LogP contribution in [0, 0.1) is 6.92 Å². The molecule has 10 heteroatoms. The molecule has 1 aliphatic rings. The quantitative estimate of drug-likeness (QED) is 0.451. The summed E-state index contributed by atoms with van der Waals surface area (Å²) in [6, 6.07) is 11.4. The van der Waals surface area contributed by atoms with Crippen molar-refractivity contribution in [2.75, 3.05) is 17.1 Å². The van der Waals surface area contributed by atoms with E-state index in [2.05, 4.69) is 5.32 Å². The minimum Gasteiger partial charge on any atom is -0.352 e. The Kier molecular flexibility index (Phi) is 9.66. The molecule has 0 aliphatic heterocycles. The molecule has 0 radical (unpaired) electrons. The Hall–Kier alpha value is -2.29. The molecule has 0 spiro atoms. The van der Waals surface area contributed by atoms with Crippen LogP contribution in [0.1, 0.15) is 50.2 Å². The molecule has 1 fully saturated rings. The van der Waals surface area contributed by atoms with Gasteiger partial charge in [0.25, 0.3) is 0 Å². The number of hydrogen-bond donors (Lipinski definition) is 1. The number of sulfonamides is 1. The monoisotopic (exact) mass is 553 g/mol. The fourth-order valence-corrected chi connectivity index (χ4v) is 5.88. The first-order chi connectivity index (χ1) is 17.0. The Balaban J connectivity index is 1.93. The Labute approximate surface area is 223 Å². The molecule has 3 rings (SSSR count). The minimum absolute atomic E-state index is 0.100. The largest absolute Gasteiger partial charge is 0.352 e. The summed E-state index contributed by atoms with van der Waals surface area (Å²) in [6.45, 7) is 3.48. The van der Waals surface area contributed by atoms with Gasteiger partial charge in [0, 0.05) is 17.6 Å². The summed E-state index contributed by atoms with van der Waals surface area (Å²) in [5.41, 5.74) is 2.07. The van der Waals surface area contributed by atoms with Crippen molar-refractivity contribution in [1.29, 1.82) is 0 Å². The number of nitrogens with zero attached hydrogens (tertiary/aromatic N) is 2. The van der Waals surface area contributed by atoms with E-state index >= 15 is 0 Å². The number of carbonyl (C=O) groups is 2. The Bertz CT molecular complexity index is 1180. The standard InChI is InChI=1S/C26H33Cl2N3O4S/c1-4-23(26(33)29-21-7-5-6-8-21)30(16-19-11-9-18(2)10-12-19)25(32)17-31(36(3,34)35)24-14-13-20(27)15-22(24)28/h9-15,21,23H,4-8,16-17H2,1-3H3,(H,29,33). The van der Waals surface area contributed by atoms with Gasteiger partial charge in [0.15, 0.2) is 0 Å². The molecule has 2 amide bonds. The molecule has 0 aromatic heterocycles. The van der Waals surface area contributed by atoms with Crippen LogP contribution in [-0.4, -0.2) is 50.0 Å². The number of rotatable bonds is 10. The van der Waals surface area contributed by atoms with Crippen molar-refractivity contribution < 1.29 is 18.0 Å². The van der Waals surface area contributed by atoms with E-state index in [0.717, 1.165) is 47.4 Å². The van der Waals surface area contributed by atoms with E-state index in [0.29, 0.717) is 11.4 Å². The number of aryl methyl sites for hydroxylation is 1. The Morgan fingerprint density at radius 1 is 1.08 bits per heavy atom. The molecule has 2 aromatic rings. The molecule has 196 valence electrons. The number of nitrogens with one attached hydrogen (secondary N) is 1. The lowest BCUT2D eigenvalue weighted by Gasteiger charge is -2.33. The van der Waals surface area contributed by atoms with Crippen molar-refractivity contribution in [2.24, 2.45) is 0 Å². The number of hydrogen-bond acceptors (Lipinski definition) is 4. The second-order valence-electron chi connectivity index (χ2n) is 9.29. The lowest BCUT2D eigenvalue weighted by atomic mass is 10.1. The maximum absolute atomic E-state index is 13.7. The maximum Gasteiger partial charge on any atom is 0.244 e. The lowest BCUT2D eigenvalue weighted by Crippen LogP contribution is -2.53. The molecule has 36 heavy (non-hydrogen) atoms. The third-order valence-corrected chi connectivity index (χ3v) is 8.08. The molecule has 1 aliphatic carbocycles. The van der Waals surface area contributed by atoms with Crippen LogP contribution in [0.3, 0.4) is 0 Å². The van der Waals surface area contributed by atoms with Gasteiger partial charge in [0.2, 0.25) is 21.8 Å². The zero-order chi connectivity index (χ0) is 26.5. The molecule has 1 N–H and O–H groups in total. The van der Waals surface area contributed by atoms with E-state index < -0.39 is 28.5 Å². The first-order valence-electron chi connectivity index (χ1n) is 12.1. The summed E-state index contributed by atoms with van der Waals surface area (Å²) in [5, 5.41) is 3.54. The summed E-state index contributed by atoms with van der Waals surface area (Å²) < 4.78 is 26.4. The average molecular weight is 555 g/mol. The highest BCUT2D eigenvalue weighted by Crippen LogP contribution is 2.30. The van der Waals surface area contributed by atoms with Crippen molar-refractivity contribution in [3.05, 3.63) is 63.6 Å². The van der Waals surface area contributed by atoms with Gasteiger partial charge in [0.1, 0.15) is 12.6 Å². The maximum atomic E-state index is 13.7. The van der Waals surface area contributed by atoms with Crippen LogP contribution in [-0.2, 0) is 26.2 Å². The molecule has 1 saturated carbocycles. The highest BCUT2D eigenvalue weighted by molar-refractivity contribution is 7.92. The molecule has 1 atom stereocenters. The lowest BCUT2D eigenvalue weighted by molar-refractivity contribution is -0.140. The fourth-order valence-electron chi connectivity index (χ4n) is 4.46. The van der Waals surface area contributed by atoms with Crippen molar-refractivity contribution in [2.45, 2.75) is 64.6 Å². The third-order valence-electron chi connectivity index (χ3n) is 6.42. The van der Waals surface area contributed by atoms with Crippen molar-refractivity contribution in [3.63, 3.8) is 0 Å². The van der Waals surface area contributed by atoms with E-state index in [1.165, 1.54) is 23.1 Å². The number of amides is 2. The molecule has 0 bridgehead atoms. The van der Waals surface area contributed by atoms with Gasteiger partial charge in [-0.25, -0.2) is 8.42 Å². The highest BCUT2D eigenvalue weighted by Gasteiger charge is 2.33. The fraction of sp³-hybridized carbons (Fsp3) is 0.462. The van der Waals surface area contributed by atoms with Crippen LogP contribution in [0.25, 0.3) is 0 Å². The van der Waals surface area contributed by atoms with E-state index in [-0.39, 0.29) is 29.2 Å². The van der Waals surface area contributed by atoms with Gasteiger partial charge in [-0.3, -0.25) is 13.9 Å². The van der Waals surface area contributed by atoms with Crippen molar-refractivity contribution in [3.8, 4) is 0 Å². The second kappa shape index (κ2) is 12.3. The summed E-state index contributed by atoms with van der Waals surface area (Å²) in [4.78, 5) is 28.5. The van der Waals surface area contributed by atoms with Gasteiger partial charge < -0.3 is 10.2 Å². The van der Waals surface area contributed by atoms with Crippen molar-refractivity contribution >= 4 is 50.7 Å². The van der Waals surface area contributed by atoms with Crippen LogP contribution in [0.15, 0.2) is 42.5 Å². The van der Waals surface area contributed by atoms with E-state index in [9.17, 15) is 18.0 Å². The topological polar surface area (TPSA) is 86.8 Å². The molecule has 7 nitrogen and oxygen atoms in total. The molecular weight excluding hydrogens is 521 g/mol. The highest BCUT2D eigenvalue weighted by atomic mass is 35.5. The number of anilines is 1. The van der Waals surface area contributed by atoms with E-state index in [1.807, 2.05) is 38.1 Å². The van der Waals surface area contributed by atoms with Gasteiger partial charge in [0.05, 0.1) is 17.0 Å². The molecule has 1 unspecified atom stereocenters. The molecule has 0 heterocycles. The predicted octanol–water partition coefficient (Wildman–Crippen LogP) is 4.93. The zero-order valence-corrected chi connectivity index (χ0v) is 23.2. The second-order valence-corrected chi connectivity index (χ2v) is 12.0. The summed E-state index contributed by atoms with van der Waals surface area (Å²) in [5.74, 6) is -0.722. The predicted molar refractivity (Wildman–Crippen MR) is 145 cm³/mol. The summed E-state index contributed by atoms with van der Waals surface area (Å²) in [6.07, 6.45) is 5.38. The SMILES string of the molecule is CCC(C(=O)NC1CCCC1)N(Cc1ccc(C)cc1)C(=O)CN(c1ccc(Cl)cc1Cl)S(C)(=O)=O. The van der Waals surface area contributed by atoms with Gasteiger partial charge in [-0.1, -0.05) is 72.8 Å². The summed E-state index contributed by atoms with van der Waals surface area (Å²) >= 11 is 12.3. The number of benzene rings is 2. The summed E-state index contributed by atoms with van der Waals surface area (Å²) in [7, 11) is -3.87. The molecule has 0 saturated heterocycles. The minimum atomic E-state index is -3.87. The van der Waals surface area contributed by atoms with Gasteiger partial charge in [-0.05, 0) is 49.9 Å². The molecule has 2 aromatic carbocycles. The smallest absolute Gasteiger partial charge is 0.244 e. The van der Waals surface area contributed by atoms with Crippen LogP contribution in [0.5, 0.6) is 0 Å². The van der Waals surface area contributed by atoms with Gasteiger partial charge in [-0.2, -0.15) is 0 Å². The van der Waals surface area contributed by atoms with E-state index in [4.69, 9.17) is 23.2 Å². The Morgan fingerprint density at radius 2 is 1.72 bits per heavy atom. The number of halogens is 2.